The summed E-state index contributed by atoms with van der Waals surface area (Å²) in [7, 11) is -2.00. The van der Waals surface area contributed by atoms with E-state index >= 15 is 0 Å². The van der Waals surface area contributed by atoms with Gasteiger partial charge in [-0.05, 0) is 13.8 Å². The van der Waals surface area contributed by atoms with E-state index in [1.54, 1.807) is 19.9 Å². The van der Waals surface area contributed by atoms with Crippen molar-refractivity contribution in [2.75, 3.05) is 7.05 Å². The first-order valence-electron chi connectivity index (χ1n) is 5.11. The lowest BCUT2D eigenvalue weighted by molar-refractivity contribution is 0.383. The summed E-state index contributed by atoms with van der Waals surface area (Å²) >= 11 is 0. The van der Waals surface area contributed by atoms with Crippen molar-refractivity contribution in [2.45, 2.75) is 32.1 Å². The second-order valence-corrected chi connectivity index (χ2v) is 5.94. The standard InChI is InChI=1S/C10H15N3O3S/c1-8(4-5-11)13(3)17(14,15)7-10-6-9(2)16-12-10/h6,8H,4,7H2,1-3H3. The highest BCUT2D eigenvalue weighted by Gasteiger charge is 2.24. The van der Waals surface area contributed by atoms with Crippen LogP contribution in [0.2, 0.25) is 0 Å². The zero-order valence-corrected chi connectivity index (χ0v) is 10.9. The second-order valence-electron chi connectivity index (χ2n) is 3.91. The average Bonchev–Trinajstić information content (AvgIpc) is 2.62. The van der Waals surface area contributed by atoms with Crippen LogP contribution in [0.5, 0.6) is 0 Å². The molecule has 1 heterocycles. The number of hydrogen-bond donors (Lipinski definition) is 0. The SMILES string of the molecule is Cc1cc(CS(=O)(=O)N(C)C(C)CC#N)no1. The van der Waals surface area contributed by atoms with E-state index in [0.717, 1.165) is 0 Å². The Labute approximate surface area is 101 Å². The van der Waals surface area contributed by atoms with Crippen molar-refractivity contribution in [3.63, 3.8) is 0 Å². The summed E-state index contributed by atoms with van der Waals surface area (Å²) in [5, 5.41) is 12.2. The normalized spacial score (nSPS) is 13.6. The van der Waals surface area contributed by atoms with Crippen LogP contribution in [0, 0.1) is 18.3 Å². The molecule has 0 saturated carbocycles. The Balaban J connectivity index is 2.78. The molecular weight excluding hydrogens is 242 g/mol. The minimum absolute atomic E-state index is 0.160. The zero-order valence-electron chi connectivity index (χ0n) is 10.0. The van der Waals surface area contributed by atoms with Gasteiger partial charge in [-0.3, -0.25) is 0 Å². The lowest BCUT2D eigenvalue weighted by atomic mass is 10.3. The number of nitrogens with zero attached hydrogens (tertiary/aromatic N) is 3. The van der Waals surface area contributed by atoms with Crippen LogP contribution in [-0.2, 0) is 15.8 Å². The molecule has 1 rings (SSSR count). The lowest BCUT2D eigenvalue weighted by Crippen LogP contribution is -2.35. The summed E-state index contributed by atoms with van der Waals surface area (Å²) in [6, 6.07) is 3.18. The third kappa shape index (κ3) is 3.54. The molecule has 0 fully saturated rings. The molecule has 1 aromatic rings. The Hall–Kier alpha value is -1.39. The number of rotatable bonds is 5. The molecular formula is C10H15N3O3S. The third-order valence-corrected chi connectivity index (χ3v) is 4.35. The Bertz CT molecular complexity index is 515. The minimum Gasteiger partial charge on any atom is -0.361 e. The molecule has 1 unspecified atom stereocenters. The Morgan fingerprint density at radius 1 is 1.65 bits per heavy atom. The van der Waals surface area contributed by atoms with Crippen molar-refractivity contribution in [1.82, 2.24) is 9.46 Å². The Morgan fingerprint density at radius 2 is 2.29 bits per heavy atom. The number of nitriles is 1. The van der Waals surface area contributed by atoms with Gasteiger partial charge >= 0.3 is 0 Å². The summed E-state index contributed by atoms with van der Waals surface area (Å²) in [5.41, 5.74) is 0.374. The molecule has 0 spiro atoms. The van der Waals surface area contributed by atoms with Gasteiger partial charge in [0.25, 0.3) is 0 Å². The van der Waals surface area contributed by atoms with Crippen LogP contribution in [0.1, 0.15) is 24.8 Å². The first kappa shape index (κ1) is 13.7. The van der Waals surface area contributed by atoms with Crippen molar-refractivity contribution in [3.8, 4) is 6.07 Å². The van der Waals surface area contributed by atoms with E-state index in [1.807, 2.05) is 6.07 Å². The van der Waals surface area contributed by atoms with E-state index < -0.39 is 10.0 Å². The van der Waals surface area contributed by atoms with Crippen LogP contribution in [0.4, 0.5) is 0 Å². The van der Waals surface area contributed by atoms with Crippen molar-refractivity contribution >= 4 is 10.0 Å². The molecule has 7 heteroatoms. The highest BCUT2D eigenvalue weighted by Crippen LogP contribution is 2.13. The summed E-state index contributed by atoms with van der Waals surface area (Å²) in [6.45, 7) is 3.39. The molecule has 0 N–H and O–H groups in total. The molecule has 0 radical (unpaired) electrons. The van der Waals surface area contributed by atoms with Crippen LogP contribution in [0.25, 0.3) is 0 Å². The first-order chi connectivity index (χ1) is 7.86. The maximum atomic E-state index is 12.0. The van der Waals surface area contributed by atoms with E-state index in [-0.39, 0.29) is 18.2 Å². The largest absolute Gasteiger partial charge is 0.361 e. The van der Waals surface area contributed by atoms with Crippen molar-refractivity contribution in [1.29, 1.82) is 5.26 Å². The van der Waals surface area contributed by atoms with Crippen LogP contribution in [0.15, 0.2) is 10.6 Å². The monoisotopic (exact) mass is 257 g/mol. The highest BCUT2D eigenvalue weighted by atomic mass is 32.2. The predicted octanol–water partition coefficient (Wildman–Crippen LogP) is 1.05. The quantitative estimate of drug-likeness (QED) is 0.786. The van der Waals surface area contributed by atoms with E-state index in [1.165, 1.54) is 11.4 Å². The van der Waals surface area contributed by atoms with E-state index in [4.69, 9.17) is 9.78 Å². The maximum Gasteiger partial charge on any atom is 0.220 e. The number of aryl methyl sites for hydroxylation is 1. The van der Waals surface area contributed by atoms with Crippen LogP contribution in [-0.4, -0.2) is 31.0 Å². The average molecular weight is 257 g/mol. The van der Waals surface area contributed by atoms with Gasteiger partial charge in [-0.1, -0.05) is 5.16 Å². The zero-order chi connectivity index (χ0) is 13.1. The minimum atomic E-state index is -3.46. The van der Waals surface area contributed by atoms with Crippen molar-refractivity contribution in [2.24, 2.45) is 0 Å². The molecule has 1 atom stereocenters. The van der Waals surface area contributed by atoms with Gasteiger partial charge in [0.05, 0.1) is 12.5 Å². The molecule has 0 saturated heterocycles. The number of hydrogen-bond acceptors (Lipinski definition) is 5. The van der Waals surface area contributed by atoms with Gasteiger partial charge in [0.2, 0.25) is 10.0 Å². The molecule has 94 valence electrons. The van der Waals surface area contributed by atoms with Gasteiger partial charge in [0.15, 0.2) is 0 Å². The third-order valence-electron chi connectivity index (χ3n) is 2.45. The molecule has 0 aliphatic rings. The predicted molar refractivity (Wildman–Crippen MR) is 61.3 cm³/mol. The van der Waals surface area contributed by atoms with E-state index in [0.29, 0.717) is 11.5 Å². The fourth-order valence-electron chi connectivity index (χ4n) is 1.31. The van der Waals surface area contributed by atoms with Gasteiger partial charge in [0.1, 0.15) is 17.2 Å². The Kier molecular flexibility index (Phi) is 4.26. The molecule has 6 nitrogen and oxygen atoms in total. The second kappa shape index (κ2) is 5.29. The summed E-state index contributed by atoms with van der Waals surface area (Å²) in [6.07, 6.45) is 0.160. The number of sulfonamides is 1. The van der Waals surface area contributed by atoms with Gasteiger partial charge in [-0.25, -0.2) is 12.7 Å². The molecule has 0 aliphatic heterocycles. The lowest BCUT2D eigenvalue weighted by Gasteiger charge is -2.21. The highest BCUT2D eigenvalue weighted by molar-refractivity contribution is 7.88. The maximum absolute atomic E-state index is 12.0. The fraction of sp³-hybridized carbons (Fsp3) is 0.600. The summed E-state index contributed by atoms with van der Waals surface area (Å²) in [5.74, 6) is 0.360. The topological polar surface area (TPSA) is 87.2 Å². The van der Waals surface area contributed by atoms with Gasteiger partial charge in [-0.15, -0.1) is 0 Å². The van der Waals surface area contributed by atoms with Gasteiger partial charge in [-0.2, -0.15) is 5.26 Å². The van der Waals surface area contributed by atoms with E-state index in [2.05, 4.69) is 5.16 Å². The smallest absolute Gasteiger partial charge is 0.220 e. The molecule has 0 bridgehead atoms. The Morgan fingerprint density at radius 3 is 2.76 bits per heavy atom. The van der Waals surface area contributed by atoms with Crippen LogP contribution >= 0.6 is 0 Å². The molecule has 0 amide bonds. The van der Waals surface area contributed by atoms with Crippen LogP contribution < -0.4 is 0 Å². The van der Waals surface area contributed by atoms with Gasteiger partial charge < -0.3 is 4.52 Å². The number of aromatic nitrogens is 1. The summed E-state index contributed by atoms with van der Waals surface area (Å²) in [4.78, 5) is 0. The molecule has 0 aromatic carbocycles. The van der Waals surface area contributed by atoms with Crippen molar-refractivity contribution < 1.29 is 12.9 Å². The summed E-state index contributed by atoms with van der Waals surface area (Å²) < 4.78 is 29.9. The molecule has 0 aliphatic carbocycles. The molecule has 1 aromatic heterocycles. The van der Waals surface area contributed by atoms with Crippen LogP contribution in [0.3, 0.4) is 0 Å². The molecule has 17 heavy (non-hydrogen) atoms. The van der Waals surface area contributed by atoms with Gasteiger partial charge in [0, 0.05) is 19.2 Å². The van der Waals surface area contributed by atoms with Crippen molar-refractivity contribution in [3.05, 3.63) is 17.5 Å². The first-order valence-corrected chi connectivity index (χ1v) is 6.72. The fourth-order valence-corrected chi connectivity index (χ4v) is 2.65. The van der Waals surface area contributed by atoms with E-state index in [9.17, 15) is 8.42 Å².